The van der Waals surface area contributed by atoms with Crippen LogP contribution in [0.25, 0.3) is 10.8 Å². The molecule has 0 amide bonds. The Bertz CT molecular complexity index is 749. The molecule has 0 aliphatic rings. The van der Waals surface area contributed by atoms with E-state index in [4.69, 9.17) is 0 Å². The largest absolute Gasteiger partial charge is 0.377 e. The van der Waals surface area contributed by atoms with Gasteiger partial charge in [0.05, 0.1) is 6.54 Å². The molecule has 0 saturated heterocycles. The second-order valence-electron chi connectivity index (χ2n) is 5.03. The van der Waals surface area contributed by atoms with Crippen LogP contribution in [0.4, 0.5) is 5.69 Å². The highest BCUT2D eigenvalue weighted by atomic mass is 79.9. The van der Waals surface area contributed by atoms with E-state index in [2.05, 4.69) is 74.1 Å². The highest BCUT2D eigenvalue weighted by molar-refractivity contribution is 9.10. The van der Waals surface area contributed by atoms with Crippen LogP contribution in [0, 0.1) is 0 Å². The molecule has 1 aromatic heterocycles. The van der Waals surface area contributed by atoms with Crippen molar-refractivity contribution in [3.05, 3.63) is 59.1 Å². The molecule has 3 nitrogen and oxygen atoms in total. The zero-order valence-corrected chi connectivity index (χ0v) is 13.6. The smallest absolute Gasteiger partial charge is 0.128 e. The van der Waals surface area contributed by atoms with E-state index >= 15 is 0 Å². The summed E-state index contributed by atoms with van der Waals surface area (Å²) in [6, 6.07) is 12.6. The lowest BCUT2D eigenvalue weighted by molar-refractivity contribution is 0.644. The summed E-state index contributed by atoms with van der Waals surface area (Å²) in [7, 11) is 0. The molecular formula is C17H18BrN3. The van der Waals surface area contributed by atoms with Crippen molar-refractivity contribution < 1.29 is 0 Å². The monoisotopic (exact) mass is 343 g/mol. The highest BCUT2D eigenvalue weighted by Crippen LogP contribution is 2.30. The zero-order chi connectivity index (χ0) is 14.7. The third-order valence-electron chi connectivity index (χ3n) is 3.57. The molecule has 0 fully saturated rings. The third-order valence-corrected chi connectivity index (χ3v) is 4.27. The Morgan fingerprint density at radius 3 is 2.76 bits per heavy atom. The Hall–Kier alpha value is -1.81. The second kappa shape index (κ2) is 6.31. The van der Waals surface area contributed by atoms with Gasteiger partial charge in [-0.2, -0.15) is 0 Å². The Kier molecular flexibility index (Phi) is 4.25. The number of aryl methyl sites for hydroxylation is 1. The zero-order valence-electron chi connectivity index (χ0n) is 12.0. The molecule has 3 rings (SSSR count). The number of imidazole rings is 1. The van der Waals surface area contributed by atoms with E-state index in [9.17, 15) is 0 Å². The van der Waals surface area contributed by atoms with Crippen molar-refractivity contribution in [2.24, 2.45) is 0 Å². The summed E-state index contributed by atoms with van der Waals surface area (Å²) in [5, 5.41) is 5.96. The first-order valence-electron chi connectivity index (χ1n) is 7.20. The van der Waals surface area contributed by atoms with E-state index in [1.54, 1.807) is 0 Å². The molecule has 0 atom stereocenters. The maximum absolute atomic E-state index is 4.44. The number of nitrogens with zero attached hydrogens (tertiary/aromatic N) is 2. The lowest BCUT2D eigenvalue weighted by atomic mass is 10.1. The summed E-state index contributed by atoms with van der Waals surface area (Å²) in [5.74, 6) is 1.07. The van der Waals surface area contributed by atoms with Gasteiger partial charge in [0.1, 0.15) is 5.82 Å². The van der Waals surface area contributed by atoms with Crippen molar-refractivity contribution in [1.29, 1.82) is 0 Å². The van der Waals surface area contributed by atoms with E-state index < -0.39 is 0 Å². The lowest BCUT2D eigenvalue weighted by Gasteiger charge is -2.12. The molecule has 4 heteroatoms. The minimum Gasteiger partial charge on any atom is -0.377 e. The van der Waals surface area contributed by atoms with Gasteiger partial charge in [0, 0.05) is 34.5 Å². The minimum absolute atomic E-state index is 0.735. The van der Waals surface area contributed by atoms with Gasteiger partial charge in [-0.1, -0.05) is 47.1 Å². The number of aromatic nitrogens is 2. The number of anilines is 1. The van der Waals surface area contributed by atoms with Gasteiger partial charge in [-0.3, -0.25) is 0 Å². The first kappa shape index (κ1) is 14.1. The van der Waals surface area contributed by atoms with Gasteiger partial charge in [-0.05, 0) is 23.9 Å². The van der Waals surface area contributed by atoms with Crippen molar-refractivity contribution in [1.82, 2.24) is 9.55 Å². The van der Waals surface area contributed by atoms with Crippen LogP contribution in [0.15, 0.2) is 53.3 Å². The van der Waals surface area contributed by atoms with Gasteiger partial charge in [0.2, 0.25) is 0 Å². The number of hydrogen-bond donors (Lipinski definition) is 1. The molecule has 3 aromatic rings. The number of hydrogen-bond acceptors (Lipinski definition) is 2. The van der Waals surface area contributed by atoms with Gasteiger partial charge in [0.25, 0.3) is 0 Å². The molecule has 0 radical (unpaired) electrons. The van der Waals surface area contributed by atoms with E-state index in [0.717, 1.165) is 35.5 Å². The van der Waals surface area contributed by atoms with Crippen molar-refractivity contribution in [3.63, 3.8) is 0 Å². The average Bonchev–Trinajstić information content (AvgIpc) is 2.95. The Balaban J connectivity index is 1.85. The summed E-state index contributed by atoms with van der Waals surface area (Å²) in [5.41, 5.74) is 1.14. The SMILES string of the molecule is CCCn1ccnc1CNc1ccc(Br)c2ccccc12. The molecule has 0 spiro atoms. The van der Waals surface area contributed by atoms with Crippen LogP contribution >= 0.6 is 15.9 Å². The molecule has 0 aliphatic carbocycles. The fourth-order valence-electron chi connectivity index (χ4n) is 2.54. The molecule has 1 heterocycles. The van der Waals surface area contributed by atoms with Gasteiger partial charge in [-0.15, -0.1) is 0 Å². The van der Waals surface area contributed by atoms with Gasteiger partial charge in [-0.25, -0.2) is 4.98 Å². The second-order valence-corrected chi connectivity index (χ2v) is 5.89. The van der Waals surface area contributed by atoms with Crippen LogP contribution < -0.4 is 5.32 Å². The highest BCUT2D eigenvalue weighted by Gasteiger charge is 2.06. The number of halogens is 1. The van der Waals surface area contributed by atoms with Gasteiger partial charge < -0.3 is 9.88 Å². The first-order chi connectivity index (χ1) is 10.3. The summed E-state index contributed by atoms with van der Waals surface area (Å²) in [6.07, 6.45) is 5.02. The van der Waals surface area contributed by atoms with Crippen LogP contribution in [0.1, 0.15) is 19.2 Å². The summed E-state index contributed by atoms with van der Waals surface area (Å²) in [6.45, 7) is 3.93. The predicted molar refractivity (Wildman–Crippen MR) is 91.5 cm³/mol. The van der Waals surface area contributed by atoms with E-state index in [0.29, 0.717) is 0 Å². The van der Waals surface area contributed by atoms with Gasteiger partial charge >= 0.3 is 0 Å². The Labute approximate surface area is 133 Å². The molecular weight excluding hydrogens is 326 g/mol. The van der Waals surface area contributed by atoms with Crippen LogP contribution in [0.3, 0.4) is 0 Å². The van der Waals surface area contributed by atoms with E-state index in [1.165, 1.54) is 10.8 Å². The van der Waals surface area contributed by atoms with E-state index in [1.807, 2.05) is 12.4 Å². The third kappa shape index (κ3) is 2.95. The Morgan fingerprint density at radius 1 is 1.14 bits per heavy atom. The number of fused-ring (bicyclic) bond motifs is 1. The van der Waals surface area contributed by atoms with Crippen molar-refractivity contribution in [2.45, 2.75) is 26.4 Å². The predicted octanol–water partition coefficient (Wildman–Crippen LogP) is 4.82. The molecule has 0 aliphatic heterocycles. The molecule has 1 N–H and O–H groups in total. The Morgan fingerprint density at radius 2 is 1.95 bits per heavy atom. The summed E-state index contributed by atoms with van der Waals surface area (Å²) >= 11 is 3.61. The van der Waals surface area contributed by atoms with E-state index in [-0.39, 0.29) is 0 Å². The summed E-state index contributed by atoms with van der Waals surface area (Å²) in [4.78, 5) is 4.44. The van der Waals surface area contributed by atoms with Crippen molar-refractivity contribution >= 4 is 32.4 Å². The fourth-order valence-corrected chi connectivity index (χ4v) is 3.02. The van der Waals surface area contributed by atoms with Crippen LogP contribution in [-0.4, -0.2) is 9.55 Å². The minimum atomic E-state index is 0.735. The molecule has 21 heavy (non-hydrogen) atoms. The fraction of sp³-hybridized carbons (Fsp3) is 0.235. The topological polar surface area (TPSA) is 29.9 Å². The quantitative estimate of drug-likeness (QED) is 0.719. The first-order valence-corrected chi connectivity index (χ1v) is 8.00. The molecule has 2 aromatic carbocycles. The van der Waals surface area contributed by atoms with Gasteiger partial charge in [0.15, 0.2) is 0 Å². The number of rotatable bonds is 5. The molecule has 0 unspecified atom stereocenters. The van der Waals surface area contributed by atoms with Crippen molar-refractivity contribution in [3.8, 4) is 0 Å². The summed E-state index contributed by atoms with van der Waals surface area (Å²) < 4.78 is 3.32. The number of nitrogens with one attached hydrogen (secondary N) is 1. The normalized spacial score (nSPS) is 11.0. The van der Waals surface area contributed by atoms with Crippen molar-refractivity contribution in [2.75, 3.05) is 5.32 Å². The molecule has 0 bridgehead atoms. The maximum Gasteiger partial charge on any atom is 0.128 e. The molecule has 0 saturated carbocycles. The van der Waals surface area contributed by atoms with Crippen LogP contribution in [-0.2, 0) is 13.1 Å². The average molecular weight is 344 g/mol. The van der Waals surface area contributed by atoms with Crippen LogP contribution in [0.2, 0.25) is 0 Å². The van der Waals surface area contributed by atoms with Crippen LogP contribution in [0.5, 0.6) is 0 Å². The lowest BCUT2D eigenvalue weighted by Crippen LogP contribution is -2.08. The maximum atomic E-state index is 4.44. The molecule has 108 valence electrons. The standard InChI is InChI=1S/C17H18BrN3/c1-2-10-21-11-9-19-17(21)12-20-16-8-7-15(18)13-5-3-4-6-14(13)16/h3-9,11,20H,2,10,12H2,1H3. The number of benzene rings is 2.